The first-order valence-electron chi connectivity index (χ1n) is 7.40. The van der Waals surface area contributed by atoms with Gasteiger partial charge >= 0.3 is 6.18 Å². The van der Waals surface area contributed by atoms with Crippen molar-refractivity contribution in [2.45, 2.75) is 38.3 Å². The van der Waals surface area contributed by atoms with Crippen molar-refractivity contribution in [2.75, 3.05) is 17.2 Å². The van der Waals surface area contributed by atoms with Crippen molar-refractivity contribution in [1.29, 1.82) is 0 Å². The van der Waals surface area contributed by atoms with Crippen molar-refractivity contribution in [1.82, 2.24) is 0 Å². The maximum atomic E-state index is 13.0. The van der Waals surface area contributed by atoms with E-state index >= 15 is 0 Å². The standard InChI is InChI=1S/C16H19F3N2/c17-16(18,19)12-8-13(20)10-14(9-12)21-7-3-5-11-4-1-2-6-15(11)21/h6,8-11H,1-5,7,20H2/t11-/m0/s1. The van der Waals surface area contributed by atoms with Crippen molar-refractivity contribution in [3.8, 4) is 0 Å². The summed E-state index contributed by atoms with van der Waals surface area (Å²) in [6, 6.07) is 3.86. The zero-order chi connectivity index (χ0) is 15.0. The van der Waals surface area contributed by atoms with Gasteiger partial charge < -0.3 is 10.6 Å². The molecule has 0 spiro atoms. The molecule has 2 aliphatic rings. The molecule has 1 heterocycles. The van der Waals surface area contributed by atoms with Crippen LogP contribution in [-0.2, 0) is 6.18 Å². The number of nitrogen functional groups attached to an aromatic ring is 1. The molecule has 0 amide bonds. The molecule has 0 bridgehead atoms. The zero-order valence-corrected chi connectivity index (χ0v) is 11.8. The van der Waals surface area contributed by atoms with E-state index in [1.165, 1.54) is 18.2 Å². The van der Waals surface area contributed by atoms with E-state index < -0.39 is 11.7 Å². The van der Waals surface area contributed by atoms with Crippen LogP contribution in [0.15, 0.2) is 30.0 Å². The Morgan fingerprint density at radius 3 is 2.62 bits per heavy atom. The third kappa shape index (κ3) is 2.87. The van der Waals surface area contributed by atoms with Crippen LogP contribution < -0.4 is 10.6 Å². The largest absolute Gasteiger partial charge is 0.416 e. The van der Waals surface area contributed by atoms with E-state index in [0.717, 1.165) is 38.3 Å². The Bertz CT molecular complexity index is 563. The van der Waals surface area contributed by atoms with Crippen LogP contribution in [0.1, 0.15) is 37.7 Å². The molecule has 0 radical (unpaired) electrons. The van der Waals surface area contributed by atoms with Crippen LogP contribution in [-0.4, -0.2) is 6.54 Å². The normalized spacial score (nSPS) is 22.7. The molecule has 1 saturated heterocycles. The zero-order valence-electron chi connectivity index (χ0n) is 11.8. The van der Waals surface area contributed by atoms with Gasteiger partial charge in [0.2, 0.25) is 0 Å². The van der Waals surface area contributed by atoms with Gasteiger partial charge in [0.05, 0.1) is 5.56 Å². The third-order valence-electron chi connectivity index (χ3n) is 4.35. The number of nitrogens with two attached hydrogens (primary N) is 1. The molecule has 1 aromatic carbocycles. The lowest BCUT2D eigenvalue weighted by Gasteiger charge is -2.39. The number of rotatable bonds is 1. The first kappa shape index (κ1) is 14.3. The van der Waals surface area contributed by atoms with E-state index in [1.807, 2.05) is 4.90 Å². The Balaban J connectivity index is 1.99. The highest BCUT2D eigenvalue weighted by atomic mass is 19.4. The highest BCUT2D eigenvalue weighted by Gasteiger charge is 2.33. The van der Waals surface area contributed by atoms with Crippen LogP contribution >= 0.6 is 0 Å². The number of alkyl halides is 3. The number of piperidine rings is 1. The lowest BCUT2D eigenvalue weighted by atomic mass is 9.84. The second-order valence-corrected chi connectivity index (χ2v) is 5.86. The molecule has 0 aromatic heterocycles. The van der Waals surface area contributed by atoms with Gasteiger partial charge in [-0.2, -0.15) is 13.2 Å². The van der Waals surface area contributed by atoms with Crippen LogP contribution in [0.25, 0.3) is 0 Å². The summed E-state index contributed by atoms with van der Waals surface area (Å²) < 4.78 is 38.9. The fourth-order valence-electron chi connectivity index (χ4n) is 3.41. The molecule has 1 atom stereocenters. The van der Waals surface area contributed by atoms with Gasteiger partial charge in [0.15, 0.2) is 0 Å². The van der Waals surface area contributed by atoms with Crippen molar-refractivity contribution < 1.29 is 13.2 Å². The van der Waals surface area contributed by atoms with E-state index in [0.29, 0.717) is 11.6 Å². The highest BCUT2D eigenvalue weighted by molar-refractivity contribution is 5.62. The number of halogens is 3. The highest BCUT2D eigenvalue weighted by Crippen LogP contribution is 2.40. The van der Waals surface area contributed by atoms with E-state index in [1.54, 1.807) is 6.07 Å². The van der Waals surface area contributed by atoms with E-state index in [4.69, 9.17) is 5.73 Å². The van der Waals surface area contributed by atoms with Crippen LogP contribution in [0.4, 0.5) is 24.5 Å². The van der Waals surface area contributed by atoms with Crippen LogP contribution in [0.2, 0.25) is 0 Å². The monoisotopic (exact) mass is 296 g/mol. The molecule has 21 heavy (non-hydrogen) atoms. The third-order valence-corrected chi connectivity index (χ3v) is 4.35. The molecule has 2 N–H and O–H groups in total. The number of anilines is 2. The smallest absolute Gasteiger partial charge is 0.399 e. The molecule has 1 aliphatic carbocycles. The van der Waals surface area contributed by atoms with Crippen LogP contribution in [0, 0.1) is 5.92 Å². The lowest BCUT2D eigenvalue weighted by Crippen LogP contribution is -2.34. The first-order chi connectivity index (χ1) is 9.95. The fourth-order valence-corrected chi connectivity index (χ4v) is 3.41. The summed E-state index contributed by atoms with van der Waals surface area (Å²) in [5, 5.41) is 0. The predicted molar refractivity (Wildman–Crippen MR) is 77.9 cm³/mol. The Morgan fingerprint density at radius 1 is 1.10 bits per heavy atom. The summed E-state index contributed by atoms with van der Waals surface area (Å²) in [5.41, 5.74) is 6.94. The Kier molecular flexibility index (Phi) is 3.59. The number of nitrogens with zero attached hydrogens (tertiary/aromatic N) is 1. The van der Waals surface area contributed by atoms with Gasteiger partial charge in [0, 0.05) is 23.6 Å². The van der Waals surface area contributed by atoms with Crippen molar-refractivity contribution in [3.63, 3.8) is 0 Å². The molecular weight excluding hydrogens is 277 g/mol. The first-order valence-corrected chi connectivity index (χ1v) is 7.40. The average Bonchev–Trinajstić information content (AvgIpc) is 2.45. The molecule has 1 fully saturated rings. The molecule has 1 aromatic rings. The molecule has 1 aliphatic heterocycles. The number of benzene rings is 1. The molecule has 5 heteroatoms. The van der Waals surface area contributed by atoms with Gasteiger partial charge in [-0.1, -0.05) is 6.08 Å². The average molecular weight is 296 g/mol. The molecule has 3 rings (SSSR count). The van der Waals surface area contributed by atoms with E-state index in [9.17, 15) is 13.2 Å². The molecule has 0 unspecified atom stereocenters. The minimum atomic E-state index is -4.36. The predicted octanol–water partition coefficient (Wildman–Crippen LogP) is 4.57. The quantitative estimate of drug-likeness (QED) is 0.769. The van der Waals surface area contributed by atoms with Gasteiger partial charge in [0.25, 0.3) is 0 Å². The SMILES string of the molecule is Nc1cc(N2CCC[C@@H]3CCCC=C32)cc(C(F)(F)F)c1. The summed E-state index contributed by atoms with van der Waals surface area (Å²) in [6.45, 7) is 0.767. The fraction of sp³-hybridized carbons (Fsp3) is 0.500. The van der Waals surface area contributed by atoms with Crippen molar-refractivity contribution in [2.24, 2.45) is 5.92 Å². The Morgan fingerprint density at radius 2 is 1.86 bits per heavy atom. The Hall–Kier alpha value is -1.65. The van der Waals surface area contributed by atoms with Gasteiger partial charge in [0.1, 0.15) is 0 Å². The minimum Gasteiger partial charge on any atom is -0.399 e. The number of hydrogen-bond donors (Lipinski definition) is 1. The number of allylic oxidation sites excluding steroid dienone is 2. The van der Waals surface area contributed by atoms with Gasteiger partial charge in [-0.15, -0.1) is 0 Å². The van der Waals surface area contributed by atoms with Crippen molar-refractivity contribution in [3.05, 3.63) is 35.5 Å². The molecule has 2 nitrogen and oxygen atoms in total. The molecular formula is C16H19F3N2. The second-order valence-electron chi connectivity index (χ2n) is 5.86. The summed E-state index contributed by atoms with van der Waals surface area (Å²) in [4.78, 5) is 2.03. The summed E-state index contributed by atoms with van der Waals surface area (Å²) in [6.07, 6.45) is 3.29. The Labute approximate surface area is 122 Å². The maximum Gasteiger partial charge on any atom is 0.416 e. The van der Waals surface area contributed by atoms with Gasteiger partial charge in [-0.3, -0.25) is 0 Å². The van der Waals surface area contributed by atoms with Gasteiger partial charge in [-0.25, -0.2) is 0 Å². The van der Waals surface area contributed by atoms with Crippen molar-refractivity contribution >= 4 is 11.4 Å². The number of fused-ring (bicyclic) bond motifs is 1. The van der Waals surface area contributed by atoms with E-state index in [2.05, 4.69) is 6.08 Å². The number of hydrogen-bond acceptors (Lipinski definition) is 2. The van der Waals surface area contributed by atoms with Crippen LogP contribution in [0.5, 0.6) is 0 Å². The minimum absolute atomic E-state index is 0.165. The molecule has 114 valence electrons. The lowest BCUT2D eigenvalue weighted by molar-refractivity contribution is -0.137. The summed E-state index contributed by atoms with van der Waals surface area (Å²) in [5.74, 6) is 0.489. The van der Waals surface area contributed by atoms with E-state index in [-0.39, 0.29) is 5.69 Å². The molecule has 0 saturated carbocycles. The topological polar surface area (TPSA) is 29.3 Å². The maximum absolute atomic E-state index is 13.0. The second kappa shape index (κ2) is 5.28. The van der Waals surface area contributed by atoms with Gasteiger partial charge in [-0.05, 0) is 56.2 Å². The summed E-state index contributed by atoms with van der Waals surface area (Å²) in [7, 11) is 0. The summed E-state index contributed by atoms with van der Waals surface area (Å²) >= 11 is 0. The van der Waals surface area contributed by atoms with Crippen LogP contribution in [0.3, 0.4) is 0 Å².